The maximum atomic E-state index is 11.8. The van der Waals surface area contributed by atoms with E-state index in [1.165, 1.54) is 12.8 Å². The first-order valence-corrected chi connectivity index (χ1v) is 7.21. The Morgan fingerprint density at radius 2 is 2.28 bits per heavy atom. The lowest BCUT2D eigenvalue weighted by molar-refractivity contribution is -0.122. The van der Waals surface area contributed by atoms with Gasteiger partial charge in [-0.25, -0.2) is 0 Å². The molecule has 0 aliphatic carbocycles. The topological polar surface area (TPSA) is 61.4 Å². The fourth-order valence-electron chi connectivity index (χ4n) is 2.51. The lowest BCUT2D eigenvalue weighted by atomic mass is 9.85. The third-order valence-electron chi connectivity index (χ3n) is 3.92. The van der Waals surface area contributed by atoms with Crippen LogP contribution in [-0.4, -0.2) is 37.3 Å². The number of piperidine rings is 1. The van der Waals surface area contributed by atoms with Crippen LogP contribution >= 0.6 is 0 Å². The molecule has 3 atom stereocenters. The van der Waals surface area contributed by atoms with Gasteiger partial charge in [-0.1, -0.05) is 13.8 Å². The number of carbonyl (C=O) groups excluding carboxylic acids is 1. The van der Waals surface area contributed by atoms with Gasteiger partial charge in [0.05, 0.1) is 0 Å². The van der Waals surface area contributed by atoms with Crippen LogP contribution in [0.3, 0.4) is 0 Å². The third kappa shape index (κ3) is 5.83. The third-order valence-corrected chi connectivity index (χ3v) is 3.92. The van der Waals surface area contributed by atoms with Gasteiger partial charge in [0.15, 0.2) is 0 Å². The molecule has 1 saturated heterocycles. The van der Waals surface area contributed by atoms with E-state index in [9.17, 15) is 4.79 Å². The largest absolute Gasteiger partial charge is 0.396 e. The van der Waals surface area contributed by atoms with Crippen LogP contribution < -0.4 is 10.6 Å². The van der Waals surface area contributed by atoms with Crippen molar-refractivity contribution < 1.29 is 9.90 Å². The Kier molecular flexibility index (Phi) is 7.28. The van der Waals surface area contributed by atoms with E-state index in [0.29, 0.717) is 30.7 Å². The summed E-state index contributed by atoms with van der Waals surface area (Å²) in [5, 5.41) is 15.2. The van der Waals surface area contributed by atoms with Crippen molar-refractivity contribution in [3.05, 3.63) is 0 Å². The summed E-state index contributed by atoms with van der Waals surface area (Å²) in [6.07, 6.45) is 3.84. The van der Waals surface area contributed by atoms with E-state index in [-0.39, 0.29) is 12.5 Å². The van der Waals surface area contributed by atoms with E-state index in [2.05, 4.69) is 17.6 Å². The van der Waals surface area contributed by atoms with Gasteiger partial charge in [0, 0.05) is 19.6 Å². The van der Waals surface area contributed by atoms with Gasteiger partial charge in [0.25, 0.3) is 0 Å². The Balaban J connectivity index is 2.18. The molecule has 18 heavy (non-hydrogen) atoms. The van der Waals surface area contributed by atoms with Crippen molar-refractivity contribution in [2.45, 2.75) is 39.5 Å². The molecular formula is C14H28N2O2. The van der Waals surface area contributed by atoms with Crippen molar-refractivity contribution in [3.63, 3.8) is 0 Å². The molecule has 0 saturated carbocycles. The van der Waals surface area contributed by atoms with Gasteiger partial charge >= 0.3 is 0 Å². The van der Waals surface area contributed by atoms with E-state index >= 15 is 0 Å². The average molecular weight is 256 g/mol. The molecule has 3 N–H and O–H groups in total. The summed E-state index contributed by atoms with van der Waals surface area (Å²) in [5.74, 6) is 1.59. The van der Waals surface area contributed by atoms with Crippen LogP contribution in [0.2, 0.25) is 0 Å². The lowest BCUT2D eigenvalue weighted by Crippen LogP contribution is -2.36. The Hall–Kier alpha value is -0.610. The molecule has 1 aliphatic heterocycles. The minimum atomic E-state index is 0.151. The smallest absolute Gasteiger partial charge is 0.220 e. The highest BCUT2D eigenvalue weighted by Gasteiger charge is 2.21. The summed E-state index contributed by atoms with van der Waals surface area (Å²) < 4.78 is 0. The number of hydrogen-bond acceptors (Lipinski definition) is 3. The average Bonchev–Trinajstić information content (AvgIpc) is 2.38. The number of amides is 1. The SMILES string of the molecule is CC(CCO)CNC(=O)CC(C)C1CCCNC1. The summed E-state index contributed by atoms with van der Waals surface area (Å²) in [6, 6.07) is 0. The number of hydrogen-bond donors (Lipinski definition) is 3. The van der Waals surface area contributed by atoms with E-state index in [0.717, 1.165) is 19.5 Å². The zero-order valence-corrected chi connectivity index (χ0v) is 11.7. The van der Waals surface area contributed by atoms with Crippen LogP contribution in [0, 0.1) is 17.8 Å². The molecule has 0 bridgehead atoms. The molecule has 4 nitrogen and oxygen atoms in total. The summed E-state index contributed by atoms with van der Waals surface area (Å²) in [4.78, 5) is 11.8. The van der Waals surface area contributed by atoms with Gasteiger partial charge in [-0.05, 0) is 50.1 Å². The Labute approximate surface area is 111 Å². The van der Waals surface area contributed by atoms with Gasteiger partial charge < -0.3 is 15.7 Å². The zero-order valence-electron chi connectivity index (χ0n) is 11.7. The molecule has 0 aromatic carbocycles. The molecule has 1 aliphatic rings. The van der Waals surface area contributed by atoms with Crippen molar-refractivity contribution >= 4 is 5.91 Å². The first-order valence-electron chi connectivity index (χ1n) is 7.21. The molecule has 1 heterocycles. The number of nitrogens with one attached hydrogen (secondary N) is 2. The van der Waals surface area contributed by atoms with Crippen LogP contribution in [0.15, 0.2) is 0 Å². The summed E-state index contributed by atoms with van der Waals surface area (Å²) in [6.45, 7) is 7.26. The van der Waals surface area contributed by atoms with Gasteiger partial charge in [-0.15, -0.1) is 0 Å². The number of carbonyl (C=O) groups is 1. The molecule has 4 heteroatoms. The second-order valence-electron chi connectivity index (χ2n) is 5.71. The molecule has 1 amide bonds. The molecule has 1 fully saturated rings. The highest BCUT2D eigenvalue weighted by atomic mass is 16.3. The molecule has 106 valence electrons. The van der Waals surface area contributed by atoms with Crippen LogP contribution in [-0.2, 0) is 4.79 Å². The van der Waals surface area contributed by atoms with Crippen LogP contribution in [0.5, 0.6) is 0 Å². The Morgan fingerprint density at radius 3 is 2.89 bits per heavy atom. The van der Waals surface area contributed by atoms with Crippen LogP contribution in [0.1, 0.15) is 39.5 Å². The predicted octanol–water partition coefficient (Wildman–Crippen LogP) is 1.15. The molecule has 0 aromatic rings. The molecular weight excluding hydrogens is 228 g/mol. The summed E-state index contributed by atoms with van der Waals surface area (Å²) >= 11 is 0. The summed E-state index contributed by atoms with van der Waals surface area (Å²) in [5.41, 5.74) is 0. The van der Waals surface area contributed by atoms with E-state index in [1.54, 1.807) is 0 Å². The van der Waals surface area contributed by atoms with E-state index in [1.807, 2.05) is 6.92 Å². The minimum Gasteiger partial charge on any atom is -0.396 e. The fourth-order valence-corrected chi connectivity index (χ4v) is 2.51. The van der Waals surface area contributed by atoms with Gasteiger partial charge in [0.1, 0.15) is 0 Å². The maximum absolute atomic E-state index is 11.8. The normalized spacial score (nSPS) is 23.4. The van der Waals surface area contributed by atoms with Gasteiger partial charge in [-0.3, -0.25) is 4.79 Å². The Morgan fingerprint density at radius 1 is 1.50 bits per heavy atom. The number of aliphatic hydroxyl groups is 1. The standard InChI is InChI=1S/C14H28N2O2/c1-11(5-7-17)9-16-14(18)8-12(2)13-4-3-6-15-10-13/h11-13,15,17H,3-10H2,1-2H3,(H,16,18). The first-order chi connectivity index (χ1) is 8.63. The second-order valence-corrected chi connectivity index (χ2v) is 5.71. The fraction of sp³-hybridized carbons (Fsp3) is 0.929. The highest BCUT2D eigenvalue weighted by Crippen LogP contribution is 2.22. The monoisotopic (exact) mass is 256 g/mol. The van der Waals surface area contributed by atoms with Crippen molar-refractivity contribution in [2.75, 3.05) is 26.2 Å². The van der Waals surface area contributed by atoms with Crippen molar-refractivity contribution in [1.29, 1.82) is 0 Å². The molecule has 1 rings (SSSR count). The molecule has 0 aromatic heterocycles. The summed E-state index contributed by atoms with van der Waals surface area (Å²) in [7, 11) is 0. The zero-order chi connectivity index (χ0) is 13.4. The lowest BCUT2D eigenvalue weighted by Gasteiger charge is -2.28. The predicted molar refractivity (Wildman–Crippen MR) is 73.3 cm³/mol. The van der Waals surface area contributed by atoms with Crippen molar-refractivity contribution in [3.8, 4) is 0 Å². The van der Waals surface area contributed by atoms with Crippen LogP contribution in [0.4, 0.5) is 0 Å². The highest BCUT2D eigenvalue weighted by molar-refractivity contribution is 5.76. The van der Waals surface area contributed by atoms with Crippen LogP contribution in [0.25, 0.3) is 0 Å². The van der Waals surface area contributed by atoms with E-state index in [4.69, 9.17) is 5.11 Å². The van der Waals surface area contributed by atoms with Crippen molar-refractivity contribution in [2.24, 2.45) is 17.8 Å². The van der Waals surface area contributed by atoms with Crippen molar-refractivity contribution in [1.82, 2.24) is 10.6 Å². The minimum absolute atomic E-state index is 0.151. The second kappa shape index (κ2) is 8.48. The first kappa shape index (κ1) is 15.4. The molecule has 0 spiro atoms. The quantitative estimate of drug-likeness (QED) is 0.640. The number of rotatable bonds is 7. The maximum Gasteiger partial charge on any atom is 0.220 e. The Bertz CT molecular complexity index is 240. The molecule has 0 radical (unpaired) electrons. The van der Waals surface area contributed by atoms with E-state index < -0.39 is 0 Å². The van der Waals surface area contributed by atoms with Gasteiger partial charge in [0.2, 0.25) is 5.91 Å². The van der Waals surface area contributed by atoms with Gasteiger partial charge in [-0.2, -0.15) is 0 Å². The number of aliphatic hydroxyl groups excluding tert-OH is 1. The molecule has 3 unspecified atom stereocenters.